The third-order valence-corrected chi connectivity index (χ3v) is 5.76. The molecular weight excluding hydrogens is 412 g/mol. The number of nitrogens with one attached hydrogen (secondary N) is 1. The normalized spacial score (nSPS) is 14.9. The fourth-order valence-corrected chi connectivity index (χ4v) is 4.13. The highest BCUT2D eigenvalue weighted by molar-refractivity contribution is 5.61. The molecule has 0 bridgehead atoms. The molecule has 2 aromatic carbocycles. The highest BCUT2D eigenvalue weighted by Gasteiger charge is 2.20. The van der Waals surface area contributed by atoms with Crippen LogP contribution >= 0.6 is 0 Å². The van der Waals surface area contributed by atoms with Crippen molar-refractivity contribution in [3.63, 3.8) is 0 Å². The van der Waals surface area contributed by atoms with Gasteiger partial charge in [0, 0.05) is 43.6 Å². The van der Waals surface area contributed by atoms with Crippen LogP contribution in [0.2, 0.25) is 0 Å². The highest BCUT2D eigenvalue weighted by atomic mass is 16.5. The highest BCUT2D eigenvalue weighted by Crippen LogP contribution is 2.30. The molecule has 3 aromatic rings. The standard InChI is InChI=1S/C27H34N4O2/c1-4-32-26-16-21(10-11-25(26)33-20(2)3)19-31-14-12-24(13-15-31)30-27-28-17-23(18-29-27)22-8-6-5-7-9-22/h5-11,16-18,20,24H,4,12-15,19H2,1-3H3,(H,28,29,30). The lowest BCUT2D eigenvalue weighted by atomic mass is 10.0. The Labute approximate surface area is 197 Å². The first kappa shape index (κ1) is 23.1. The maximum Gasteiger partial charge on any atom is 0.222 e. The molecule has 1 saturated heterocycles. The molecule has 1 aliphatic heterocycles. The largest absolute Gasteiger partial charge is 0.490 e. The van der Waals surface area contributed by atoms with E-state index in [0.717, 1.165) is 55.1 Å². The Bertz CT molecular complexity index is 1000. The molecule has 6 heteroatoms. The maximum absolute atomic E-state index is 5.89. The van der Waals surface area contributed by atoms with Crippen molar-refractivity contribution in [2.75, 3.05) is 25.0 Å². The number of aromatic nitrogens is 2. The number of piperidine rings is 1. The zero-order chi connectivity index (χ0) is 23.0. The third kappa shape index (κ3) is 6.45. The van der Waals surface area contributed by atoms with Crippen molar-refractivity contribution >= 4 is 5.95 Å². The van der Waals surface area contributed by atoms with Gasteiger partial charge in [-0.25, -0.2) is 9.97 Å². The molecule has 1 aliphatic rings. The average molecular weight is 447 g/mol. The summed E-state index contributed by atoms with van der Waals surface area (Å²) in [5.74, 6) is 2.35. The van der Waals surface area contributed by atoms with E-state index in [9.17, 15) is 0 Å². The minimum Gasteiger partial charge on any atom is -0.490 e. The van der Waals surface area contributed by atoms with E-state index in [1.807, 2.05) is 57.4 Å². The molecule has 0 saturated carbocycles. The van der Waals surface area contributed by atoms with E-state index in [0.29, 0.717) is 18.6 Å². The van der Waals surface area contributed by atoms with Crippen LogP contribution < -0.4 is 14.8 Å². The molecule has 6 nitrogen and oxygen atoms in total. The van der Waals surface area contributed by atoms with Crippen molar-refractivity contribution in [2.45, 2.75) is 52.3 Å². The average Bonchev–Trinajstić information content (AvgIpc) is 2.83. The van der Waals surface area contributed by atoms with Gasteiger partial charge in [-0.3, -0.25) is 4.90 Å². The Morgan fingerprint density at radius 1 is 0.970 bits per heavy atom. The lowest BCUT2D eigenvalue weighted by molar-refractivity contribution is 0.209. The number of ether oxygens (including phenoxy) is 2. The number of rotatable bonds is 9. The molecule has 1 aromatic heterocycles. The molecule has 0 unspecified atom stereocenters. The summed E-state index contributed by atoms with van der Waals surface area (Å²) in [6, 6.07) is 16.9. The summed E-state index contributed by atoms with van der Waals surface area (Å²) in [5.41, 5.74) is 3.42. The van der Waals surface area contributed by atoms with E-state index in [-0.39, 0.29) is 6.10 Å². The first-order valence-electron chi connectivity index (χ1n) is 11.9. The fourth-order valence-electron chi connectivity index (χ4n) is 4.13. The molecule has 1 fully saturated rings. The minimum atomic E-state index is 0.125. The quantitative estimate of drug-likeness (QED) is 0.475. The molecule has 0 spiro atoms. The second-order valence-electron chi connectivity index (χ2n) is 8.74. The molecule has 0 aliphatic carbocycles. The summed E-state index contributed by atoms with van der Waals surface area (Å²) < 4.78 is 11.7. The monoisotopic (exact) mass is 446 g/mol. The van der Waals surface area contributed by atoms with Crippen LogP contribution in [0.25, 0.3) is 11.1 Å². The van der Waals surface area contributed by atoms with Gasteiger partial charge in [0.2, 0.25) is 5.95 Å². The predicted octanol–water partition coefficient (Wildman–Crippen LogP) is 5.41. The summed E-state index contributed by atoms with van der Waals surface area (Å²) in [7, 11) is 0. The van der Waals surface area contributed by atoms with Crippen LogP contribution in [-0.2, 0) is 6.54 Å². The second kappa shape index (κ2) is 11.1. The number of hydrogen-bond acceptors (Lipinski definition) is 6. The van der Waals surface area contributed by atoms with Crippen LogP contribution in [-0.4, -0.2) is 46.7 Å². The van der Waals surface area contributed by atoms with E-state index in [2.05, 4.69) is 44.5 Å². The van der Waals surface area contributed by atoms with Gasteiger partial charge in [-0.1, -0.05) is 36.4 Å². The van der Waals surface area contributed by atoms with Gasteiger partial charge in [-0.15, -0.1) is 0 Å². The van der Waals surface area contributed by atoms with Gasteiger partial charge >= 0.3 is 0 Å². The number of anilines is 1. The minimum absolute atomic E-state index is 0.125. The van der Waals surface area contributed by atoms with Crippen LogP contribution in [0.4, 0.5) is 5.95 Å². The van der Waals surface area contributed by atoms with Gasteiger partial charge in [0.15, 0.2) is 11.5 Å². The molecule has 0 radical (unpaired) electrons. The first-order chi connectivity index (χ1) is 16.1. The summed E-state index contributed by atoms with van der Waals surface area (Å²) in [4.78, 5) is 11.6. The molecule has 1 N–H and O–H groups in total. The summed E-state index contributed by atoms with van der Waals surface area (Å²) in [6.45, 7) is 9.68. The van der Waals surface area contributed by atoms with Gasteiger partial charge in [-0.05, 0) is 56.9 Å². The van der Waals surface area contributed by atoms with Crippen molar-refractivity contribution in [3.8, 4) is 22.6 Å². The molecular formula is C27H34N4O2. The van der Waals surface area contributed by atoms with Crippen molar-refractivity contribution in [3.05, 3.63) is 66.5 Å². The van der Waals surface area contributed by atoms with E-state index < -0.39 is 0 Å². The molecule has 0 atom stereocenters. The van der Waals surface area contributed by atoms with Gasteiger partial charge in [0.25, 0.3) is 0 Å². The van der Waals surface area contributed by atoms with E-state index in [1.165, 1.54) is 5.56 Å². The van der Waals surface area contributed by atoms with Crippen molar-refractivity contribution in [1.29, 1.82) is 0 Å². The van der Waals surface area contributed by atoms with Crippen LogP contribution in [0.5, 0.6) is 11.5 Å². The van der Waals surface area contributed by atoms with Crippen molar-refractivity contribution in [2.24, 2.45) is 0 Å². The number of benzene rings is 2. The lowest BCUT2D eigenvalue weighted by Gasteiger charge is -2.32. The van der Waals surface area contributed by atoms with Gasteiger partial charge in [0.05, 0.1) is 12.7 Å². The van der Waals surface area contributed by atoms with Gasteiger partial charge in [-0.2, -0.15) is 0 Å². The molecule has 2 heterocycles. The number of nitrogens with zero attached hydrogens (tertiary/aromatic N) is 3. The number of likely N-dealkylation sites (tertiary alicyclic amines) is 1. The van der Waals surface area contributed by atoms with Crippen molar-refractivity contribution in [1.82, 2.24) is 14.9 Å². The fraction of sp³-hybridized carbons (Fsp3) is 0.407. The molecule has 4 rings (SSSR count). The van der Waals surface area contributed by atoms with E-state index >= 15 is 0 Å². The smallest absolute Gasteiger partial charge is 0.222 e. The lowest BCUT2D eigenvalue weighted by Crippen LogP contribution is -2.38. The second-order valence-corrected chi connectivity index (χ2v) is 8.74. The number of hydrogen-bond donors (Lipinski definition) is 1. The first-order valence-corrected chi connectivity index (χ1v) is 11.9. The molecule has 174 valence electrons. The van der Waals surface area contributed by atoms with Gasteiger partial charge < -0.3 is 14.8 Å². The zero-order valence-corrected chi connectivity index (χ0v) is 19.8. The topological polar surface area (TPSA) is 59.5 Å². The van der Waals surface area contributed by atoms with Crippen LogP contribution in [0, 0.1) is 0 Å². The summed E-state index contributed by atoms with van der Waals surface area (Å²) >= 11 is 0. The van der Waals surface area contributed by atoms with E-state index in [4.69, 9.17) is 9.47 Å². The molecule has 0 amide bonds. The molecule has 33 heavy (non-hydrogen) atoms. The van der Waals surface area contributed by atoms with Crippen LogP contribution in [0.1, 0.15) is 39.2 Å². The Balaban J connectivity index is 1.29. The van der Waals surface area contributed by atoms with Gasteiger partial charge in [0.1, 0.15) is 0 Å². The van der Waals surface area contributed by atoms with Crippen LogP contribution in [0.15, 0.2) is 60.9 Å². The zero-order valence-electron chi connectivity index (χ0n) is 19.8. The van der Waals surface area contributed by atoms with Crippen molar-refractivity contribution < 1.29 is 9.47 Å². The Hall–Kier alpha value is -3.12. The maximum atomic E-state index is 5.89. The Morgan fingerprint density at radius 3 is 2.36 bits per heavy atom. The van der Waals surface area contributed by atoms with E-state index in [1.54, 1.807) is 0 Å². The summed E-state index contributed by atoms with van der Waals surface area (Å²) in [6.07, 6.45) is 6.04. The third-order valence-electron chi connectivity index (χ3n) is 5.76. The summed E-state index contributed by atoms with van der Waals surface area (Å²) in [5, 5.41) is 3.51. The van der Waals surface area contributed by atoms with Crippen LogP contribution in [0.3, 0.4) is 0 Å². The Morgan fingerprint density at radius 2 is 1.70 bits per heavy atom. The SMILES string of the molecule is CCOc1cc(CN2CCC(Nc3ncc(-c4ccccc4)cn3)CC2)ccc1OC(C)C. The Kier molecular flexibility index (Phi) is 7.79. The predicted molar refractivity (Wildman–Crippen MR) is 133 cm³/mol.